The average Bonchev–Trinajstić information content (AvgIpc) is 2.58. The van der Waals surface area contributed by atoms with Crippen LogP contribution < -0.4 is 5.32 Å². The minimum Gasteiger partial charge on any atom is -0.466 e. The van der Waals surface area contributed by atoms with Crippen molar-refractivity contribution in [2.45, 2.75) is 53.4 Å². The lowest BCUT2D eigenvalue weighted by Gasteiger charge is -2.34. The Morgan fingerprint density at radius 1 is 1.38 bits per heavy atom. The van der Waals surface area contributed by atoms with Crippen LogP contribution in [-0.4, -0.2) is 61.3 Å². The third-order valence-electron chi connectivity index (χ3n) is 4.52. The van der Waals surface area contributed by atoms with Gasteiger partial charge in [0.2, 0.25) is 0 Å². The van der Waals surface area contributed by atoms with Crippen molar-refractivity contribution in [3.05, 3.63) is 0 Å². The highest BCUT2D eigenvalue weighted by molar-refractivity contribution is 14.0. The number of aliphatic hydroxyl groups excluding tert-OH is 1. The van der Waals surface area contributed by atoms with E-state index in [4.69, 9.17) is 9.73 Å². The van der Waals surface area contributed by atoms with E-state index >= 15 is 0 Å². The second-order valence-corrected chi connectivity index (χ2v) is 7.24. The van der Waals surface area contributed by atoms with Crippen LogP contribution in [0.5, 0.6) is 0 Å². The Kier molecular flexibility index (Phi) is 14.2. The monoisotopic (exact) mass is 483 g/mol. The lowest BCUT2D eigenvalue weighted by molar-refractivity contribution is -0.149. The molecule has 0 saturated carbocycles. The smallest absolute Gasteiger partial charge is 0.310 e. The van der Waals surface area contributed by atoms with Crippen LogP contribution in [0.15, 0.2) is 4.99 Å². The van der Waals surface area contributed by atoms with Gasteiger partial charge in [-0.05, 0) is 51.4 Å². The number of halogens is 1. The number of nitrogens with one attached hydrogen (secondary N) is 1. The highest BCUT2D eigenvalue weighted by atomic mass is 127. The number of nitrogens with zero attached hydrogens (tertiary/aromatic N) is 2. The SMILES string of the molecule is CCNC(=NCC(CCO)CC(C)C)N1CCCC(C(=O)OCC)C1.I. The Bertz CT molecular complexity index is 419. The van der Waals surface area contributed by atoms with Crippen molar-refractivity contribution in [1.82, 2.24) is 10.2 Å². The fourth-order valence-corrected chi connectivity index (χ4v) is 3.40. The summed E-state index contributed by atoms with van der Waals surface area (Å²) in [5.74, 6) is 1.70. The van der Waals surface area contributed by atoms with Gasteiger partial charge in [-0.1, -0.05) is 13.8 Å². The predicted molar refractivity (Wildman–Crippen MR) is 117 cm³/mol. The number of guanidine groups is 1. The quantitative estimate of drug-likeness (QED) is 0.228. The van der Waals surface area contributed by atoms with E-state index in [0.29, 0.717) is 31.5 Å². The fourth-order valence-electron chi connectivity index (χ4n) is 3.40. The first kappa shape index (κ1) is 25.4. The molecule has 1 heterocycles. The van der Waals surface area contributed by atoms with E-state index in [1.54, 1.807) is 0 Å². The zero-order valence-corrected chi connectivity index (χ0v) is 19.2. The molecule has 2 atom stereocenters. The highest BCUT2D eigenvalue weighted by Gasteiger charge is 2.28. The summed E-state index contributed by atoms with van der Waals surface area (Å²) in [6, 6.07) is 0. The molecule has 0 amide bonds. The molecule has 6 nitrogen and oxygen atoms in total. The van der Waals surface area contributed by atoms with Crippen LogP contribution in [-0.2, 0) is 9.53 Å². The average molecular weight is 483 g/mol. The second kappa shape index (κ2) is 14.5. The number of likely N-dealkylation sites (tertiary alicyclic amines) is 1. The molecule has 0 aromatic heterocycles. The van der Waals surface area contributed by atoms with E-state index in [-0.39, 0.29) is 42.5 Å². The van der Waals surface area contributed by atoms with Crippen LogP contribution >= 0.6 is 24.0 Å². The Hall–Kier alpha value is -0.570. The van der Waals surface area contributed by atoms with Crippen molar-refractivity contribution < 1.29 is 14.6 Å². The third kappa shape index (κ3) is 9.39. The van der Waals surface area contributed by atoms with Crippen molar-refractivity contribution in [1.29, 1.82) is 0 Å². The van der Waals surface area contributed by atoms with Crippen molar-refractivity contribution in [2.75, 3.05) is 39.4 Å². The first-order valence-electron chi connectivity index (χ1n) is 9.82. The Balaban J connectivity index is 0.00000625. The Labute approximate surface area is 176 Å². The summed E-state index contributed by atoms with van der Waals surface area (Å²) in [7, 11) is 0. The van der Waals surface area contributed by atoms with E-state index in [0.717, 1.165) is 44.7 Å². The van der Waals surface area contributed by atoms with E-state index in [1.807, 2.05) is 6.92 Å². The number of hydrogen-bond donors (Lipinski definition) is 2. The van der Waals surface area contributed by atoms with Gasteiger partial charge in [-0.15, -0.1) is 24.0 Å². The van der Waals surface area contributed by atoms with Gasteiger partial charge in [0.25, 0.3) is 0 Å². The van der Waals surface area contributed by atoms with E-state index in [9.17, 15) is 9.90 Å². The maximum atomic E-state index is 12.1. The molecule has 2 unspecified atom stereocenters. The van der Waals surface area contributed by atoms with Crippen molar-refractivity contribution in [3.63, 3.8) is 0 Å². The first-order chi connectivity index (χ1) is 12.0. The van der Waals surface area contributed by atoms with E-state index in [2.05, 4.69) is 31.0 Å². The van der Waals surface area contributed by atoms with Gasteiger partial charge in [0, 0.05) is 32.8 Å². The second-order valence-electron chi connectivity index (χ2n) is 7.24. The molecule has 26 heavy (non-hydrogen) atoms. The number of rotatable bonds is 9. The summed E-state index contributed by atoms with van der Waals surface area (Å²) in [5, 5.41) is 12.6. The topological polar surface area (TPSA) is 74.2 Å². The van der Waals surface area contributed by atoms with E-state index in [1.165, 1.54) is 0 Å². The molecule has 0 aliphatic carbocycles. The normalized spacial score (nSPS) is 19.1. The minimum atomic E-state index is -0.0963. The van der Waals surface area contributed by atoms with Gasteiger partial charge in [0.15, 0.2) is 5.96 Å². The molecule has 1 rings (SSSR count). The zero-order chi connectivity index (χ0) is 18.7. The molecule has 7 heteroatoms. The molecule has 0 aromatic rings. The van der Waals surface area contributed by atoms with Gasteiger partial charge in [0.05, 0.1) is 12.5 Å². The van der Waals surface area contributed by atoms with Gasteiger partial charge in [-0.3, -0.25) is 9.79 Å². The summed E-state index contributed by atoms with van der Waals surface area (Å²) in [5.41, 5.74) is 0. The lowest BCUT2D eigenvalue weighted by atomic mass is 9.94. The van der Waals surface area contributed by atoms with Crippen LogP contribution in [0, 0.1) is 17.8 Å². The van der Waals surface area contributed by atoms with E-state index < -0.39 is 0 Å². The Morgan fingerprint density at radius 3 is 2.69 bits per heavy atom. The van der Waals surface area contributed by atoms with Crippen LogP contribution in [0.2, 0.25) is 0 Å². The molecule has 0 bridgehead atoms. The molecule has 2 N–H and O–H groups in total. The molecular weight excluding hydrogens is 445 g/mol. The number of carbonyl (C=O) groups excluding carboxylic acids is 1. The molecule has 0 radical (unpaired) electrons. The molecule has 1 fully saturated rings. The lowest BCUT2D eigenvalue weighted by Crippen LogP contribution is -2.48. The van der Waals surface area contributed by atoms with Crippen molar-refractivity contribution >= 4 is 35.9 Å². The number of aliphatic hydroxyl groups is 1. The molecule has 1 saturated heterocycles. The molecule has 1 aliphatic rings. The zero-order valence-electron chi connectivity index (χ0n) is 16.9. The number of carbonyl (C=O) groups is 1. The summed E-state index contributed by atoms with van der Waals surface area (Å²) in [6.07, 6.45) is 3.70. The van der Waals surface area contributed by atoms with Crippen LogP contribution in [0.3, 0.4) is 0 Å². The van der Waals surface area contributed by atoms with Gasteiger partial charge in [-0.25, -0.2) is 0 Å². The first-order valence-corrected chi connectivity index (χ1v) is 9.82. The van der Waals surface area contributed by atoms with Gasteiger partial charge >= 0.3 is 5.97 Å². The number of piperidine rings is 1. The number of ether oxygens (including phenoxy) is 1. The summed E-state index contributed by atoms with van der Waals surface area (Å²) in [4.78, 5) is 19.1. The molecule has 0 aromatic carbocycles. The predicted octanol–water partition coefficient (Wildman–Crippen LogP) is 2.89. The molecule has 0 spiro atoms. The van der Waals surface area contributed by atoms with Crippen LogP contribution in [0.4, 0.5) is 0 Å². The number of aliphatic imine (C=N–C) groups is 1. The maximum absolute atomic E-state index is 12.1. The van der Waals surface area contributed by atoms with Gasteiger partial charge in [-0.2, -0.15) is 0 Å². The van der Waals surface area contributed by atoms with Gasteiger partial charge < -0.3 is 20.1 Å². The van der Waals surface area contributed by atoms with Crippen molar-refractivity contribution in [2.24, 2.45) is 22.7 Å². The summed E-state index contributed by atoms with van der Waals surface area (Å²) >= 11 is 0. The van der Waals surface area contributed by atoms with Crippen molar-refractivity contribution in [3.8, 4) is 0 Å². The van der Waals surface area contributed by atoms with Crippen LogP contribution in [0.25, 0.3) is 0 Å². The summed E-state index contributed by atoms with van der Waals surface area (Å²) in [6.45, 7) is 12.0. The molecular formula is C19H38IN3O3. The molecule has 154 valence electrons. The summed E-state index contributed by atoms with van der Waals surface area (Å²) < 4.78 is 5.19. The molecule has 1 aliphatic heterocycles. The number of esters is 1. The highest BCUT2D eigenvalue weighted by Crippen LogP contribution is 2.19. The van der Waals surface area contributed by atoms with Crippen LogP contribution in [0.1, 0.15) is 53.4 Å². The standard InChI is InChI=1S/C19H37N3O3.HI/c1-5-20-19(21-13-16(9-11-23)12-15(3)4)22-10-7-8-17(14-22)18(24)25-6-2;/h15-17,23H,5-14H2,1-4H3,(H,20,21);1H. The minimum absolute atomic E-state index is 0. The number of hydrogen-bond acceptors (Lipinski definition) is 4. The third-order valence-corrected chi connectivity index (χ3v) is 4.52. The maximum Gasteiger partial charge on any atom is 0.310 e. The Morgan fingerprint density at radius 2 is 2.12 bits per heavy atom. The fraction of sp³-hybridized carbons (Fsp3) is 0.895. The van der Waals surface area contributed by atoms with Gasteiger partial charge in [0.1, 0.15) is 0 Å². The largest absolute Gasteiger partial charge is 0.466 e.